The molecule has 3 heterocycles. The van der Waals surface area contributed by atoms with Crippen LogP contribution in [0.15, 0.2) is 134 Å². The Balaban J connectivity index is 1.01. The van der Waals surface area contributed by atoms with Crippen LogP contribution >= 0.6 is 0 Å². The van der Waals surface area contributed by atoms with Crippen LogP contribution in [-0.2, 0) is 94.4 Å². The lowest BCUT2D eigenvalue weighted by Gasteiger charge is -2.29. The number of benzene rings is 5. The van der Waals surface area contributed by atoms with Gasteiger partial charge in [0.25, 0.3) is 0 Å². The van der Waals surface area contributed by atoms with E-state index < -0.39 is 188 Å². The number of hydrogen-bond acceptors (Lipinski definition) is 21. The van der Waals surface area contributed by atoms with Gasteiger partial charge in [0.2, 0.25) is 65.0 Å². The molecule has 0 spiro atoms. The summed E-state index contributed by atoms with van der Waals surface area (Å²) in [7, 11) is 0. The van der Waals surface area contributed by atoms with E-state index in [1.54, 1.807) is 74.8 Å². The van der Waals surface area contributed by atoms with Crippen LogP contribution in [-0.4, -0.2) is 244 Å². The molecule has 1 saturated heterocycles. The van der Waals surface area contributed by atoms with Gasteiger partial charge in [-0.05, 0) is 121 Å². The number of phenolic OH excluding ortho intramolecular Hbond substituents is 3. The highest BCUT2D eigenvalue weighted by molar-refractivity contribution is 6.01. The smallest absolute Gasteiger partial charge is 0.326 e. The van der Waals surface area contributed by atoms with Crippen LogP contribution in [0.2, 0.25) is 0 Å². The SMILES string of the molecule is CC(C)C[C@H](NC(=O)[C@H](Cc1ccc(O)cc1)NC(=O)[C@H](CCCNC(=N)N)NC(=O)[C@@H](NC(=O)[C@H](Cc1ccc(O)cc1)NC(=O)[C@H](CC(=O)O)NC(=O)[C@H](CO)NC(=O)[C@H](Cc1ccc(O)cc1)NC(=O)[C@H](Cc1c[nH]c2ccccc12)NC(=O)[C@@H]1CCCN1C(=O)[C@@H](N)CO)[C@@H](C)O)C(=O)N[C@@H](Cc1c[nH]c2ccccc12)C(=O)O. The number of aliphatic hydroxyl groups excluding tert-OH is 3. The van der Waals surface area contributed by atoms with Crippen LogP contribution < -0.4 is 70.0 Å². The minimum atomic E-state index is -2.17. The van der Waals surface area contributed by atoms with E-state index in [0.717, 1.165) is 12.4 Å². The number of para-hydroxylation sites is 2. The Morgan fingerprint density at radius 3 is 1.34 bits per heavy atom. The highest BCUT2D eigenvalue weighted by Gasteiger charge is 2.41. The van der Waals surface area contributed by atoms with Crippen LogP contribution in [0.5, 0.6) is 17.2 Å². The Hall–Kier alpha value is -13.2. The molecule has 38 nitrogen and oxygen atoms in total. The minimum Gasteiger partial charge on any atom is -0.508 e. The first kappa shape index (κ1) is 90.3. The summed E-state index contributed by atoms with van der Waals surface area (Å²) in [6, 6.07) is 10.1. The van der Waals surface area contributed by atoms with Crippen molar-refractivity contribution in [1.82, 2.24) is 73.4 Å². The van der Waals surface area contributed by atoms with Crippen molar-refractivity contribution in [2.75, 3.05) is 26.3 Å². The summed E-state index contributed by atoms with van der Waals surface area (Å²) < 4.78 is 0. The Bertz CT molecular complexity index is 4710. The number of aromatic amines is 2. The number of nitrogens with zero attached hydrogens (tertiary/aromatic N) is 1. The number of fused-ring (bicyclic) bond motifs is 2. The van der Waals surface area contributed by atoms with Crippen molar-refractivity contribution in [3.8, 4) is 17.2 Å². The summed E-state index contributed by atoms with van der Waals surface area (Å²) >= 11 is 0. The average molecular weight is 1640 g/mol. The van der Waals surface area contributed by atoms with Crippen molar-refractivity contribution >= 4 is 105 Å². The van der Waals surface area contributed by atoms with Gasteiger partial charge in [-0.15, -0.1) is 0 Å². The summed E-state index contributed by atoms with van der Waals surface area (Å²) in [5, 5.41) is 119. The topological polar surface area (TPSA) is 627 Å². The van der Waals surface area contributed by atoms with Gasteiger partial charge < -0.3 is 126 Å². The van der Waals surface area contributed by atoms with E-state index >= 15 is 0 Å². The Morgan fingerprint density at radius 1 is 0.492 bits per heavy atom. The molecule has 0 bridgehead atoms. The second-order valence-corrected chi connectivity index (χ2v) is 29.2. The van der Waals surface area contributed by atoms with Gasteiger partial charge in [-0.1, -0.05) is 86.6 Å². The number of carbonyl (C=O) groups excluding carboxylic acids is 11. The molecule has 1 fully saturated rings. The molecule has 38 heteroatoms. The van der Waals surface area contributed by atoms with E-state index in [9.17, 15) is 103 Å². The zero-order valence-electron chi connectivity index (χ0n) is 64.9. The molecule has 0 unspecified atom stereocenters. The van der Waals surface area contributed by atoms with Crippen LogP contribution in [0.1, 0.15) is 87.1 Å². The van der Waals surface area contributed by atoms with Crippen LogP contribution in [0, 0.1) is 11.3 Å². The fourth-order valence-corrected chi connectivity index (χ4v) is 13.4. The average Bonchev–Trinajstić information content (AvgIpc) is 1.64. The lowest BCUT2D eigenvalue weighted by Crippen LogP contribution is -2.62. The first-order valence-corrected chi connectivity index (χ1v) is 38.1. The van der Waals surface area contributed by atoms with Crippen molar-refractivity contribution in [3.05, 3.63) is 162 Å². The third kappa shape index (κ3) is 26.2. The molecule has 118 heavy (non-hydrogen) atoms. The molecule has 11 amide bonds. The van der Waals surface area contributed by atoms with Crippen LogP contribution in [0.25, 0.3) is 21.8 Å². The van der Waals surface area contributed by atoms with Gasteiger partial charge in [-0.25, -0.2) is 4.79 Å². The maximum absolute atomic E-state index is 14.8. The lowest BCUT2D eigenvalue weighted by molar-refractivity contribution is -0.142. The molecule has 632 valence electrons. The molecule has 0 radical (unpaired) electrons. The van der Waals surface area contributed by atoms with E-state index in [2.05, 4.69) is 68.5 Å². The number of carbonyl (C=O) groups is 13. The van der Waals surface area contributed by atoms with E-state index in [4.69, 9.17) is 16.9 Å². The maximum atomic E-state index is 14.8. The number of aliphatic hydroxyl groups is 3. The molecule has 26 N–H and O–H groups in total. The number of aliphatic carboxylic acids is 2. The number of rotatable bonds is 43. The molecule has 1 aliphatic rings. The monoisotopic (exact) mass is 1640 g/mol. The van der Waals surface area contributed by atoms with Crippen LogP contribution in [0.3, 0.4) is 0 Å². The number of nitrogens with two attached hydrogens (primary N) is 2. The zero-order chi connectivity index (χ0) is 86.0. The summed E-state index contributed by atoms with van der Waals surface area (Å²) in [5.74, 6) is -16.3. The molecule has 8 rings (SSSR count). The molecule has 13 atom stereocenters. The fourth-order valence-electron chi connectivity index (χ4n) is 13.4. The molecular weight excluding hydrogens is 1530 g/mol. The third-order valence-electron chi connectivity index (χ3n) is 19.7. The first-order chi connectivity index (χ1) is 56.2. The number of hydrogen-bond donors (Lipinski definition) is 24. The zero-order valence-corrected chi connectivity index (χ0v) is 64.9. The second kappa shape index (κ2) is 43.0. The van der Waals surface area contributed by atoms with Crippen LogP contribution in [0.4, 0.5) is 0 Å². The first-order valence-electron chi connectivity index (χ1n) is 38.1. The van der Waals surface area contributed by atoms with Gasteiger partial charge >= 0.3 is 11.9 Å². The van der Waals surface area contributed by atoms with E-state index in [-0.39, 0.29) is 93.2 Å². The number of H-pyrrole nitrogens is 2. The molecule has 1 aliphatic heterocycles. The summed E-state index contributed by atoms with van der Waals surface area (Å²) in [6.45, 7) is 2.64. The summed E-state index contributed by atoms with van der Waals surface area (Å²) in [6.07, 6.45) is -1.33. The van der Waals surface area contributed by atoms with Gasteiger partial charge in [-0.3, -0.25) is 62.9 Å². The molecule has 0 aliphatic carbocycles. The quantitative estimate of drug-likeness (QED) is 0.0108. The van der Waals surface area contributed by atoms with Crippen molar-refractivity contribution in [2.24, 2.45) is 17.4 Å². The largest absolute Gasteiger partial charge is 0.508 e. The number of carboxylic acids is 2. The number of nitrogens with one attached hydrogen (secondary N) is 14. The molecule has 7 aromatic rings. The predicted molar refractivity (Wildman–Crippen MR) is 426 cm³/mol. The van der Waals surface area contributed by atoms with Gasteiger partial charge in [0.1, 0.15) is 89.8 Å². The van der Waals surface area contributed by atoms with Crippen molar-refractivity contribution in [1.29, 1.82) is 5.41 Å². The van der Waals surface area contributed by atoms with E-state index in [1.165, 1.54) is 77.7 Å². The van der Waals surface area contributed by atoms with E-state index in [1.807, 2.05) is 0 Å². The molecule has 5 aromatic carbocycles. The minimum absolute atomic E-state index is 0.0327. The molecule has 0 saturated carbocycles. The lowest BCUT2D eigenvalue weighted by atomic mass is 9.99. The van der Waals surface area contributed by atoms with Gasteiger partial charge in [0.15, 0.2) is 5.96 Å². The number of guanidine groups is 1. The van der Waals surface area contributed by atoms with Crippen molar-refractivity contribution in [3.63, 3.8) is 0 Å². The van der Waals surface area contributed by atoms with Gasteiger partial charge in [-0.2, -0.15) is 0 Å². The maximum Gasteiger partial charge on any atom is 0.326 e. The number of aromatic nitrogens is 2. The summed E-state index contributed by atoms with van der Waals surface area (Å²) in [5.41, 5.74) is 14.8. The molecule has 2 aromatic heterocycles. The molecular formula is C80H101N17O21. The highest BCUT2D eigenvalue weighted by Crippen LogP contribution is 2.25. The number of carboxylic acid groups (broad SMARTS) is 2. The third-order valence-corrected chi connectivity index (χ3v) is 19.7. The Kier molecular flexibility index (Phi) is 32.9. The van der Waals surface area contributed by atoms with Gasteiger partial charge in [0.05, 0.1) is 25.7 Å². The highest BCUT2D eigenvalue weighted by atomic mass is 16.4. The Labute approximate surface area is 676 Å². The number of amides is 11. The van der Waals surface area contributed by atoms with E-state index in [0.29, 0.717) is 45.0 Å². The normalized spacial score (nSPS) is 15.6. The number of likely N-dealkylation sites (tertiary alicyclic amines) is 1. The predicted octanol–water partition coefficient (Wildman–Crippen LogP) is -2.32. The Morgan fingerprint density at radius 2 is 0.890 bits per heavy atom. The van der Waals surface area contributed by atoms with Gasteiger partial charge in [0, 0.05) is 79.4 Å². The number of phenols is 3. The summed E-state index contributed by atoms with van der Waals surface area (Å²) in [4.78, 5) is 192. The fraction of sp³-hybridized carbons (Fsp3) is 0.400. The van der Waals surface area contributed by atoms with Crippen molar-refractivity contribution in [2.45, 2.75) is 170 Å². The number of aromatic hydroxyl groups is 3. The second-order valence-electron chi connectivity index (χ2n) is 29.2. The standard InChI is InChI=1S/C80H101N17O21/c1-41(2)30-57(69(107)94-63(79(117)118)35-47-38-86-55-13-7-5-11-52(47)55)88-70(108)58(31-43-16-22-48(101)23-17-43)89-68(106)56(14-8-28-84-80(82)83)87-77(115)67(42(3)100)96-74(112)60(33-45-20-26-50(103)27-21-45)91-73(111)62(36-66(104)105)92-75(113)64(40-99)95-71(109)59(32-44-18-24-49(102)25-19-44)90-72(110)61(34-46-37-85-54-12-6-4-10-51(46)54)93-76(114)65-15-9-29-97(65)78(116)53(81)39-98/h4-7,10-13,16-27,37-38,41-42,53,56-65,67,85-86,98-103H,8-9,14-15,28-36,39-40,81H2,1-3H3,(H,87,115)(H,88,108)(H,89,106)(H,90,110)(H,91,111)(H,92,113)(H,93,114)(H,94,107)(H,95,109)(H,96,112)(H,104,105)(H,117,118)(H4,82,83,84)/t42-,53+,56+,57+,58+,59+,60+,61+,62+,63+,64+,65+,67+/m1/s1. The van der Waals surface area contributed by atoms with Crippen molar-refractivity contribution < 1.29 is 103 Å².